The zero-order valence-electron chi connectivity index (χ0n) is 19.9. The number of piperidine rings is 1. The number of aryl methyl sites for hydroxylation is 1. The predicted octanol–water partition coefficient (Wildman–Crippen LogP) is 3.00. The van der Waals surface area contributed by atoms with Gasteiger partial charge in [0, 0.05) is 19.6 Å². The third-order valence-corrected chi connectivity index (χ3v) is 7.77. The molecule has 0 saturated carbocycles. The summed E-state index contributed by atoms with van der Waals surface area (Å²) in [6.45, 7) is 4.44. The van der Waals surface area contributed by atoms with Gasteiger partial charge in [0.1, 0.15) is 5.75 Å². The fourth-order valence-corrected chi connectivity index (χ4v) is 5.51. The van der Waals surface area contributed by atoms with E-state index in [2.05, 4.69) is 0 Å². The first-order valence-electron chi connectivity index (χ1n) is 11.4. The van der Waals surface area contributed by atoms with Crippen LogP contribution in [0, 0.1) is 12.8 Å². The molecular weight excluding hydrogens is 456 g/mol. The number of carbonyl (C=O) groups is 2. The van der Waals surface area contributed by atoms with E-state index in [4.69, 9.17) is 9.47 Å². The molecule has 2 aromatic rings. The molecule has 9 heteroatoms. The quantitative estimate of drug-likeness (QED) is 0.504. The van der Waals surface area contributed by atoms with Gasteiger partial charge >= 0.3 is 5.97 Å². The van der Waals surface area contributed by atoms with Gasteiger partial charge in [-0.2, -0.15) is 4.31 Å². The Hall–Kier alpha value is -2.91. The maximum Gasteiger partial charge on any atom is 0.309 e. The summed E-state index contributed by atoms with van der Waals surface area (Å²) in [5.41, 5.74) is 1.47. The second kappa shape index (κ2) is 11.5. The summed E-state index contributed by atoms with van der Waals surface area (Å²) in [6.07, 6.45) is 1.02. The van der Waals surface area contributed by atoms with Gasteiger partial charge in [-0.05, 0) is 56.0 Å². The molecule has 0 aromatic heterocycles. The SMILES string of the molecule is CCOC(=O)C1CCN(C(=O)CN(Cc2ccccc2)S(=O)(=O)c2ccc(OC)c(C)c2)CC1. The highest BCUT2D eigenvalue weighted by Gasteiger charge is 2.32. The standard InChI is InChI=1S/C25H32N2O6S/c1-4-33-25(29)21-12-14-26(15-13-21)24(28)18-27(17-20-8-6-5-7-9-20)34(30,31)22-10-11-23(32-3)19(2)16-22/h5-11,16,21H,4,12-15,17-18H2,1-3H3. The highest BCUT2D eigenvalue weighted by Crippen LogP contribution is 2.25. The van der Waals surface area contributed by atoms with Crippen LogP contribution in [0.4, 0.5) is 0 Å². The number of likely N-dealkylation sites (tertiary alicyclic amines) is 1. The number of amides is 1. The lowest BCUT2D eigenvalue weighted by Crippen LogP contribution is -2.46. The number of carbonyl (C=O) groups excluding carboxylic acids is 2. The van der Waals surface area contributed by atoms with Gasteiger partial charge in [0.2, 0.25) is 15.9 Å². The number of hydrogen-bond donors (Lipinski definition) is 0. The first kappa shape index (κ1) is 25.7. The van der Waals surface area contributed by atoms with Crippen LogP contribution in [-0.4, -0.2) is 62.9 Å². The molecule has 0 atom stereocenters. The number of hydrogen-bond acceptors (Lipinski definition) is 6. The summed E-state index contributed by atoms with van der Waals surface area (Å²) < 4.78 is 38.7. The topological polar surface area (TPSA) is 93.2 Å². The second-order valence-electron chi connectivity index (χ2n) is 8.30. The molecule has 1 aliphatic rings. The third kappa shape index (κ3) is 6.15. The number of sulfonamides is 1. The molecule has 0 aliphatic carbocycles. The van der Waals surface area contributed by atoms with Gasteiger partial charge in [0.25, 0.3) is 0 Å². The lowest BCUT2D eigenvalue weighted by Gasteiger charge is -2.32. The van der Waals surface area contributed by atoms with Gasteiger partial charge in [0.05, 0.1) is 31.1 Å². The zero-order chi connectivity index (χ0) is 24.7. The zero-order valence-corrected chi connectivity index (χ0v) is 20.7. The Morgan fingerprint density at radius 2 is 1.76 bits per heavy atom. The Labute approximate surface area is 201 Å². The molecule has 184 valence electrons. The minimum absolute atomic E-state index is 0.0687. The Morgan fingerprint density at radius 1 is 1.09 bits per heavy atom. The maximum absolute atomic E-state index is 13.6. The first-order chi connectivity index (χ1) is 16.3. The van der Waals surface area contributed by atoms with Crippen LogP contribution in [0.1, 0.15) is 30.9 Å². The predicted molar refractivity (Wildman–Crippen MR) is 128 cm³/mol. The summed E-state index contributed by atoms with van der Waals surface area (Å²) >= 11 is 0. The van der Waals surface area contributed by atoms with Crippen molar-refractivity contribution in [2.24, 2.45) is 5.92 Å². The molecule has 34 heavy (non-hydrogen) atoms. The summed E-state index contributed by atoms with van der Waals surface area (Å²) in [6, 6.07) is 13.8. The van der Waals surface area contributed by atoms with Crippen LogP contribution in [0.3, 0.4) is 0 Å². The van der Waals surface area contributed by atoms with E-state index in [-0.39, 0.29) is 35.8 Å². The van der Waals surface area contributed by atoms with Gasteiger partial charge in [-0.3, -0.25) is 9.59 Å². The molecule has 3 rings (SSSR count). The average molecular weight is 489 g/mol. The van der Waals surface area contributed by atoms with E-state index < -0.39 is 10.0 Å². The normalized spacial score (nSPS) is 14.8. The van der Waals surface area contributed by atoms with Gasteiger partial charge in [-0.15, -0.1) is 0 Å². The highest BCUT2D eigenvalue weighted by atomic mass is 32.2. The van der Waals surface area contributed by atoms with Crippen molar-refractivity contribution in [1.29, 1.82) is 0 Å². The van der Waals surface area contributed by atoms with Crippen molar-refractivity contribution in [3.05, 3.63) is 59.7 Å². The van der Waals surface area contributed by atoms with Gasteiger partial charge in [-0.25, -0.2) is 8.42 Å². The Bertz CT molecular complexity index is 1100. The number of rotatable bonds is 9. The summed E-state index contributed by atoms with van der Waals surface area (Å²) in [5, 5.41) is 0. The number of ether oxygens (including phenoxy) is 2. The van der Waals surface area contributed by atoms with Crippen LogP contribution < -0.4 is 4.74 Å². The monoisotopic (exact) mass is 488 g/mol. The largest absolute Gasteiger partial charge is 0.496 e. The molecule has 1 amide bonds. The van der Waals surface area contributed by atoms with E-state index >= 15 is 0 Å². The van der Waals surface area contributed by atoms with Gasteiger partial charge in [0.15, 0.2) is 0 Å². The molecule has 1 fully saturated rings. The van der Waals surface area contributed by atoms with Crippen LogP contribution >= 0.6 is 0 Å². The van der Waals surface area contributed by atoms with Crippen molar-refractivity contribution in [2.45, 2.75) is 38.1 Å². The van der Waals surface area contributed by atoms with Crippen molar-refractivity contribution in [1.82, 2.24) is 9.21 Å². The molecule has 0 spiro atoms. The Morgan fingerprint density at radius 3 is 2.35 bits per heavy atom. The molecule has 2 aromatic carbocycles. The van der Waals surface area contributed by atoms with Crippen LogP contribution in [0.5, 0.6) is 5.75 Å². The molecule has 1 heterocycles. The van der Waals surface area contributed by atoms with Gasteiger partial charge in [-0.1, -0.05) is 30.3 Å². The van der Waals surface area contributed by atoms with E-state index in [0.29, 0.717) is 43.9 Å². The minimum atomic E-state index is -3.96. The van der Waals surface area contributed by atoms with Crippen LogP contribution in [0.25, 0.3) is 0 Å². The summed E-state index contributed by atoms with van der Waals surface area (Å²) in [5.74, 6) is -0.158. The van der Waals surface area contributed by atoms with E-state index in [1.54, 1.807) is 30.9 Å². The fraction of sp³-hybridized carbons (Fsp3) is 0.440. The average Bonchev–Trinajstić information content (AvgIpc) is 2.84. The Kier molecular flexibility index (Phi) is 8.68. The van der Waals surface area contributed by atoms with Crippen LogP contribution in [0.15, 0.2) is 53.4 Å². The van der Waals surface area contributed by atoms with Crippen molar-refractivity contribution >= 4 is 21.9 Å². The fourth-order valence-electron chi connectivity index (χ4n) is 4.05. The van der Waals surface area contributed by atoms with Crippen molar-refractivity contribution < 1.29 is 27.5 Å². The molecule has 0 unspecified atom stereocenters. The number of benzene rings is 2. The number of esters is 1. The van der Waals surface area contributed by atoms with Crippen molar-refractivity contribution in [2.75, 3.05) is 33.4 Å². The summed E-state index contributed by atoms with van der Waals surface area (Å²) in [4.78, 5) is 26.9. The molecule has 0 N–H and O–H groups in total. The molecule has 1 saturated heterocycles. The van der Waals surface area contributed by atoms with E-state index in [1.165, 1.54) is 17.5 Å². The van der Waals surface area contributed by atoms with Crippen LogP contribution in [0.2, 0.25) is 0 Å². The number of methoxy groups -OCH3 is 1. The van der Waals surface area contributed by atoms with Crippen LogP contribution in [-0.2, 0) is 30.9 Å². The van der Waals surface area contributed by atoms with E-state index in [9.17, 15) is 18.0 Å². The lowest BCUT2D eigenvalue weighted by molar-refractivity contribution is -0.151. The van der Waals surface area contributed by atoms with Gasteiger partial charge < -0.3 is 14.4 Å². The van der Waals surface area contributed by atoms with Crippen molar-refractivity contribution in [3.63, 3.8) is 0 Å². The first-order valence-corrected chi connectivity index (χ1v) is 12.8. The Balaban J connectivity index is 1.79. The van der Waals surface area contributed by atoms with E-state index in [0.717, 1.165) is 5.56 Å². The molecule has 0 radical (unpaired) electrons. The minimum Gasteiger partial charge on any atom is -0.496 e. The summed E-state index contributed by atoms with van der Waals surface area (Å²) in [7, 11) is -2.43. The molecule has 8 nitrogen and oxygen atoms in total. The number of nitrogens with zero attached hydrogens (tertiary/aromatic N) is 2. The highest BCUT2D eigenvalue weighted by molar-refractivity contribution is 7.89. The second-order valence-corrected chi connectivity index (χ2v) is 10.2. The molecular formula is C25H32N2O6S. The maximum atomic E-state index is 13.6. The van der Waals surface area contributed by atoms with E-state index in [1.807, 2.05) is 30.3 Å². The lowest BCUT2D eigenvalue weighted by atomic mass is 9.97. The smallest absolute Gasteiger partial charge is 0.309 e. The molecule has 1 aliphatic heterocycles. The third-order valence-electron chi connectivity index (χ3n) is 5.99. The molecule has 0 bridgehead atoms. The van der Waals surface area contributed by atoms with Crippen molar-refractivity contribution in [3.8, 4) is 5.75 Å².